The lowest BCUT2D eigenvalue weighted by atomic mass is 10.0. The van der Waals surface area contributed by atoms with Crippen LogP contribution in [0.3, 0.4) is 0 Å². The van der Waals surface area contributed by atoms with Crippen LogP contribution in [0.15, 0.2) is 42.7 Å². The van der Waals surface area contributed by atoms with Crippen molar-refractivity contribution in [1.82, 2.24) is 4.98 Å². The van der Waals surface area contributed by atoms with Gasteiger partial charge in [-0.1, -0.05) is 18.2 Å². The zero-order valence-corrected chi connectivity index (χ0v) is 7.44. The van der Waals surface area contributed by atoms with Crippen molar-refractivity contribution in [3.63, 3.8) is 0 Å². The average molecular weight is 191 g/mol. The highest BCUT2D eigenvalue weighted by atomic mass is 19.1. The van der Waals surface area contributed by atoms with E-state index in [0.717, 1.165) is 0 Å². The molecule has 1 atom stereocenters. The molecule has 2 N–H and O–H groups in total. The highest BCUT2D eigenvalue weighted by molar-refractivity contribution is 5.28. The molecule has 1 aromatic carbocycles. The van der Waals surface area contributed by atoms with E-state index in [1.807, 2.05) is 0 Å². The van der Waals surface area contributed by atoms with E-state index >= 15 is 0 Å². The molecule has 2 aromatic rings. The lowest BCUT2D eigenvalue weighted by Crippen LogP contribution is -2.00. The van der Waals surface area contributed by atoms with Gasteiger partial charge in [0.05, 0.1) is 0 Å². The number of aliphatic hydroxyl groups excluding tert-OH is 1. The number of aromatic nitrogens is 1. The number of aromatic amines is 1. The molecule has 0 bridgehead atoms. The van der Waals surface area contributed by atoms with Crippen molar-refractivity contribution in [1.29, 1.82) is 0 Å². The zero-order chi connectivity index (χ0) is 9.97. The summed E-state index contributed by atoms with van der Waals surface area (Å²) in [6.45, 7) is 0. The molecule has 0 aliphatic carbocycles. The van der Waals surface area contributed by atoms with Crippen LogP contribution in [0.5, 0.6) is 0 Å². The fourth-order valence-corrected chi connectivity index (χ4v) is 1.38. The van der Waals surface area contributed by atoms with Crippen LogP contribution in [-0.4, -0.2) is 10.1 Å². The third-order valence-electron chi connectivity index (χ3n) is 2.14. The molecule has 72 valence electrons. The van der Waals surface area contributed by atoms with Crippen LogP contribution in [0.1, 0.15) is 17.2 Å². The Bertz CT molecular complexity index is 411. The quantitative estimate of drug-likeness (QED) is 0.750. The summed E-state index contributed by atoms with van der Waals surface area (Å²) in [6, 6.07) is 7.94. The monoisotopic (exact) mass is 191 g/mol. The third kappa shape index (κ3) is 1.54. The van der Waals surface area contributed by atoms with Crippen molar-refractivity contribution in [3.8, 4) is 0 Å². The van der Waals surface area contributed by atoms with Crippen LogP contribution in [-0.2, 0) is 0 Å². The maximum Gasteiger partial charge on any atom is 0.129 e. The summed E-state index contributed by atoms with van der Waals surface area (Å²) in [5.74, 6) is -0.388. The minimum atomic E-state index is -0.901. The van der Waals surface area contributed by atoms with Crippen molar-refractivity contribution in [2.75, 3.05) is 0 Å². The summed E-state index contributed by atoms with van der Waals surface area (Å²) in [5, 5.41) is 9.80. The molecule has 0 fully saturated rings. The van der Waals surface area contributed by atoms with E-state index in [-0.39, 0.29) is 5.82 Å². The van der Waals surface area contributed by atoms with Gasteiger partial charge in [0.25, 0.3) is 0 Å². The lowest BCUT2D eigenvalue weighted by molar-refractivity contribution is 0.215. The number of H-pyrrole nitrogens is 1. The molecule has 0 amide bonds. The highest BCUT2D eigenvalue weighted by Gasteiger charge is 2.13. The molecule has 0 spiro atoms. The van der Waals surface area contributed by atoms with Gasteiger partial charge in [0, 0.05) is 23.5 Å². The summed E-state index contributed by atoms with van der Waals surface area (Å²) in [5.41, 5.74) is 0.960. The molecule has 1 unspecified atom stereocenters. The largest absolute Gasteiger partial charge is 0.383 e. The summed E-state index contributed by atoms with van der Waals surface area (Å²) < 4.78 is 13.3. The Balaban J connectivity index is 2.37. The van der Waals surface area contributed by atoms with Crippen molar-refractivity contribution in [2.24, 2.45) is 0 Å². The van der Waals surface area contributed by atoms with Gasteiger partial charge in [0.15, 0.2) is 0 Å². The topological polar surface area (TPSA) is 36.0 Å². The average Bonchev–Trinajstić information content (AvgIpc) is 2.70. The highest BCUT2D eigenvalue weighted by Crippen LogP contribution is 2.23. The predicted molar refractivity (Wildman–Crippen MR) is 51.3 cm³/mol. The Labute approximate surface area is 81.0 Å². The number of halogens is 1. The second kappa shape index (κ2) is 3.64. The van der Waals surface area contributed by atoms with Crippen molar-refractivity contribution < 1.29 is 9.50 Å². The van der Waals surface area contributed by atoms with E-state index in [1.165, 1.54) is 6.07 Å². The van der Waals surface area contributed by atoms with Gasteiger partial charge in [0.2, 0.25) is 0 Å². The molecule has 0 saturated heterocycles. The van der Waals surface area contributed by atoms with Crippen LogP contribution in [0.25, 0.3) is 0 Å². The van der Waals surface area contributed by atoms with Gasteiger partial charge in [-0.15, -0.1) is 0 Å². The van der Waals surface area contributed by atoms with Crippen LogP contribution < -0.4 is 0 Å². The van der Waals surface area contributed by atoms with E-state index in [9.17, 15) is 9.50 Å². The van der Waals surface area contributed by atoms with Gasteiger partial charge in [-0.05, 0) is 12.1 Å². The van der Waals surface area contributed by atoms with E-state index in [2.05, 4.69) is 4.98 Å². The lowest BCUT2D eigenvalue weighted by Gasteiger charge is -2.09. The number of nitrogens with one attached hydrogen (secondary N) is 1. The second-order valence-corrected chi connectivity index (χ2v) is 3.07. The zero-order valence-electron chi connectivity index (χ0n) is 7.44. The molecule has 3 heteroatoms. The van der Waals surface area contributed by atoms with E-state index in [1.54, 1.807) is 36.7 Å². The molecule has 0 saturated carbocycles. The fourth-order valence-electron chi connectivity index (χ4n) is 1.38. The van der Waals surface area contributed by atoms with E-state index < -0.39 is 6.10 Å². The van der Waals surface area contributed by atoms with Gasteiger partial charge in [-0.3, -0.25) is 0 Å². The first-order valence-electron chi connectivity index (χ1n) is 4.34. The van der Waals surface area contributed by atoms with Crippen LogP contribution in [0, 0.1) is 5.82 Å². The number of benzene rings is 1. The SMILES string of the molecule is OC(c1cc[nH]c1)c1ccccc1F. The van der Waals surface area contributed by atoms with Gasteiger partial charge in [-0.2, -0.15) is 0 Å². The summed E-state index contributed by atoms with van der Waals surface area (Å²) in [4.78, 5) is 2.82. The molecular weight excluding hydrogens is 181 g/mol. The predicted octanol–water partition coefficient (Wildman–Crippen LogP) is 2.24. The van der Waals surface area contributed by atoms with Crippen LogP contribution in [0.2, 0.25) is 0 Å². The molecular formula is C11H10FNO. The van der Waals surface area contributed by atoms with E-state index in [0.29, 0.717) is 11.1 Å². The number of rotatable bonds is 2. The van der Waals surface area contributed by atoms with Crippen LogP contribution in [0.4, 0.5) is 4.39 Å². The minimum Gasteiger partial charge on any atom is -0.383 e. The first-order valence-corrected chi connectivity index (χ1v) is 4.34. The standard InChI is InChI=1S/C11H10FNO/c12-10-4-2-1-3-9(10)11(14)8-5-6-13-7-8/h1-7,11,13-14H. The molecule has 1 heterocycles. The summed E-state index contributed by atoms with van der Waals surface area (Å²) >= 11 is 0. The normalized spacial score (nSPS) is 12.7. The molecule has 1 aromatic heterocycles. The van der Waals surface area contributed by atoms with Gasteiger partial charge >= 0.3 is 0 Å². The van der Waals surface area contributed by atoms with E-state index in [4.69, 9.17) is 0 Å². The molecule has 0 radical (unpaired) electrons. The molecule has 2 rings (SSSR count). The summed E-state index contributed by atoms with van der Waals surface area (Å²) in [6.07, 6.45) is 2.44. The minimum absolute atomic E-state index is 0.298. The van der Waals surface area contributed by atoms with Crippen LogP contribution >= 0.6 is 0 Å². The number of aliphatic hydroxyl groups is 1. The Morgan fingerprint density at radius 2 is 2.00 bits per heavy atom. The van der Waals surface area contributed by atoms with Gasteiger partial charge < -0.3 is 10.1 Å². The molecule has 2 nitrogen and oxygen atoms in total. The Morgan fingerprint density at radius 3 is 2.64 bits per heavy atom. The fraction of sp³-hybridized carbons (Fsp3) is 0.0909. The Kier molecular flexibility index (Phi) is 2.33. The van der Waals surface area contributed by atoms with Crippen molar-refractivity contribution >= 4 is 0 Å². The first kappa shape index (κ1) is 8.97. The maximum absolute atomic E-state index is 13.3. The molecule has 14 heavy (non-hydrogen) atoms. The number of hydrogen-bond donors (Lipinski definition) is 2. The second-order valence-electron chi connectivity index (χ2n) is 3.07. The molecule has 0 aliphatic heterocycles. The third-order valence-corrected chi connectivity index (χ3v) is 2.14. The Morgan fingerprint density at radius 1 is 1.21 bits per heavy atom. The number of hydrogen-bond acceptors (Lipinski definition) is 1. The van der Waals surface area contributed by atoms with Gasteiger partial charge in [0.1, 0.15) is 11.9 Å². The van der Waals surface area contributed by atoms with Crippen molar-refractivity contribution in [3.05, 3.63) is 59.7 Å². The van der Waals surface area contributed by atoms with Gasteiger partial charge in [-0.25, -0.2) is 4.39 Å². The Hall–Kier alpha value is -1.61. The smallest absolute Gasteiger partial charge is 0.129 e. The first-order chi connectivity index (χ1) is 6.79. The summed E-state index contributed by atoms with van der Waals surface area (Å²) in [7, 11) is 0. The van der Waals surface area contributed by atoms with Crippen molar-refractivity contribution in [2.45, 2.75) is 6.10 Å². The molecule has 0 aliphatic rings. The maximum atomic E-state index is 13.3.